The van der Waals surface area contributed by atoms with Gasteiger partial charge < -0.3 is 10.2 Å². The molecule has 1 aromatic rings. The van der Waals surface area contributed by atoms with Gasteiger partial charge in [0.05, 0.1) is 0 Å². The standard InChI is InChI=1S/C14H18N2O2S2/c17-13(10-16-7-9-20-14(16)18)15-6-8-19-11-12-4-2-1-3-5-12/h1-5H,6-11H2,(H,15,17). The molecule has 0 radical (unpaired) electrons. The second-order valence-electron chi connectivity index (χ2n) is 4.42. The van der Waals surface area contributed by atoms with Crippen molar-refractivity contribution in [2.45, 2.75) is 5.75 Å². The molecular weight excluding hydrogens is 292 g/mol. The lowest BCUT2D eigenvalue weighted by atomic mass is 10.2. The van der Waals surface area contributed by atoms with Crippen LogP contribution in [-0.4, -0.2) is 47.2 Å². The Morgan fingerprint density at radius 3 is 2.85 bits per heavy atom. The molecule has 20 heavy (non-hydrogen) atoms. The Balaban J connectivity index is 1.54. The maximum atomic E-state index is 11.7. The van der Waals surface area contributed by atoms with Crippen molar-refractivity contribution < 1.29 is 9.59 Å². The number of nitrogens with zero attached hydrogens (tertiary/aromatic N) is 1. The predicted molar refractivity (Wildman–Crippen MR) is 85.0 cm³/mol. The van der Waals surface area contributed by atoms with Gasteiger partial charge in [-0.25, -0.2) is 0 Å². The Morgan fingerprint density at radius 2 is 2.15 bits per heavy atom. The molecule has 0 aromatic heterocycles. The minimum atomic E-state index is -0.0684. The first-order valence-corrected chi connectivity index (χ1v) is 8.70. The van der Waals surface area contributed by atoms with E-state index in [9.17, 15) is 9.59 Å². The molecule has 0 aliphatic carbocycles. The van der Waals surface area contributed by atoms with Crippen LogP contribution in [-0.2, 0) is 10.5 Å². The van der Waals surface area contributed by atoms with Crippen molar-refractivity contribution in [3.8, 4) is 0 Å². The molecule has 1 aromatic carbocycles. The molecule has 0 bridgehead atoms. The van der Waals surface area contributed by atoms with Crippen LogP contribution in [0.2, 0.25) is 0 Å². The molecule has 4 nitrogen and oxygen atoms in total. The molecule has 1 fully saturated rings. The summed E-state index contributed by atoms with van der Waals surface area (Å²) >= 11 is 3.07. The normalized spacial score (nSPS) is 14.6. The van der Waals surface area contributed by atoms with Crippen LogP contribution in [0.1, 0.15) is 5.56 Å². The van der Waals surface area contributed by atoms with Gasteiger partial charge in [0.25, 0.3) is 5.24 Å². The van der Waals surface area contributed by atoms with E-state index >= 15 is 0 Å². The number of carbonyl (C=O) groups is 2. The second kappa shape index (κ2) is 8.21. The van der Waals surface area contributed by atoms with Gasteiger partial charge >= 0.3 is 0 Å². The topological polar surface area (TPSA) is 49.4 Å². The number of amides is 2. The van der Waals surface area contributed by atoms with Crippen LogP contribution in [0, 0.1) is 0 Å². The lowest BCUT2D eigenvalue weighted by Gasteiger charge is -2.13. The van der Waals surface area contributed by atoms with Crippen molar-refractivity contribution in [2.24, 2.45) is 0 Å². The highest BCUT2D eigenvalue weighted by Gasteiger charge is 2.22. The minimum absolute atomic E-state index is 0.0126. The molecule has 108 valence electrons. The maximum Gasteiger partial charge on any atom is 0.282 e. The van der Waals surface area contributed by atoms with Crippen molar-refractivity contribution in [3.05, 3.63) is 35.9 Å². The van der Waals surface area contributed by atoms with E-state index in [0.717, 1.165) is 17.3 Å². The first-order valence-electron chi connectivity index (χ1n) is 6.56. The van der Waals surface area contributed by atoms with Crippen LogP contribution in [0.5, 0.6) is 0 Å². The summed E-state index contributed by atoms with van der Waals surface area (Å²) in [6.07, 6.45) is 0. The molecule has 1 saturated heterocycles. The maximum absolute atomic E-state index is 11.7. The third-order valence-corrected chi connectivity index (χ3v) is 4.78. The Kier molecular flexibility index (Phi) is 6.26. The molecule has 0 saturated carbocycles. The van der Waals surface area contributed by atoms with Crippen molar-refractivity contribution in [3.63, 3.8) is 0 Å². The number of benzene rings is 1. The molecule has 1 N–H and O–H groups in total. The molecule has 1 aliphatic heterocycles. The van der Waals surface area contributed by atoms with Gasteiger partial charge in [0.15, 0.2) is 0 Å². The van der Waals surface area contributed by atoms with E-state index < -0.39 is 0 Å². The number of nitrogens with one attached hydrogen (secondary N) is 1. The number of hydrogen-bond donors (Lipinski definition) is 1. The monoisotopic (exact) mass is 310 g/mol. The molecule has 2 amide bonds. The summed E-state index contributed by atoms with van der Waals surface area (Å²) in [5.74, 6) is 2.56. The van der Waals surface area contributed by atoms with Crippen molar-refractivity contribution in [1.82, 2.24) is 10.2 Å². The van der Waals surface area contributed by atoms with E-state index in [2.05, 4.69) is 17.4 Å². The molecule has 0 spiro atoms. The van der Waals surface area contributed by atoms with Crippen LogP contribution in [0.3, 0.4) is 0 Å². The highest BCUT2D eigenvalue weighted by molar-refractivity contribution is 8.13. The van der Waals surface area contributed by atoms with Gasteiger partial charge in [0.1, 0.15) is 6.54 Å². The molecule has 1 aliphatic rings. The Bertz CT molecular complexity index is 454. The van der Waals surface area contributed by atoms with Gasteiger partial charge in [-0.05, 0) is 5.56 Å². The molecule has 6 heteroatoms. The van der Waals surface area contributed by atoms with Crippen LogP contribution < -0.4 is 5.32 Å². The first-order chi connectivity index (χ1) is 9.75. The van der Waals surface area contributed by atoms with E-state index in [1.165, 1.54) is 17.3 Å². The summed E-state index contributed by atoms with van der Waals surface area (Å²) in [5.41, 5.74) is 1.29. The highest BCUT2D eigenvalue weighted by atomic mass is 32.2. The van der Waals surface area contributed by atoms with E-state index in [1.807, 2.05) is 18.2 Å². The lowest BCUT2D eigenvalue weighted by molar-refractivity contribution is -0.121. The summed E-state index contributed by atoms with van der Waals surface area (Å²) in [7, 11) is 0. The largest absolute Gasteiger partial charge is 0.354 e. The molecule has 0 unspecified atom stereocenters. The van der Waals surface area contributed by atoms with Gasteiger partial charge in [-0.15, -0.1) is 0 Å². The van der Waals surface area contributed by atoms with Crippen LogP contribution in [0.4, 0.5) is 4.79 Å². The van der Waals surface area contributed by atoms with Crippen molar-refractivity contribution in [1.29, 1.82) is 0 Å². The van der Waals surface area contributed by atoms with E-state index in [-0.39, 0.29) is 17.7 Å². The second-order valence-corrected chi connectivity index (χ2v) is 6.58. The van der Waals surface area contributed by atoms with Crippen LogP contribution in [0.15, 0.2) is 30.3 Å². The fraction of sp³-hybridized carbons (Fsp3) is 0.429. The van der Waals surface area contributed by atoms with E-state index in [1.54, 1.807) is 16.7 Å². The molecular formula is C14H18N2O2S2. The van der Waals surface area contributed by atoms with Gasteiger partial charge in [-0.3, -0.25) is 9.59 Å². The SMILES string of the molecule is O=C(CN1CCSC1=O)NCCSCc1ccccc1. The average molecular weight is 310 g/mol. The minimum Gasteiger partial charge on any atom is -0.354 e. The fourth-order valence-electron chi connectivity index (χ4n) is 1.83. The summed E-state index contributed by atoms with van der Waals surface area (Å²) in [6, 6.07) is 10.3. The molecule has 2 rings (SSSR count). The molecule has 0 atom stereocenters. The summed E-state index contributed by atoms with van der Waals surface area (Å²) < 4.78 is 0. The summed E-state index contributed by atoms with van der Waals surface area (Å²) in [4.78, 5) is 24.6. The van der Waals surface area contributed by atoms with E-state index in [4.69, 9.17) is 0 Å². The zero-order valence-corrected chi connectivity index (χ0v) is 12.8. The fourth-order valence-corrected chi connectivity index (χ4v) is 3.47. The first kappa shape index (κ1) is 15.3. The third kappa shape index (κ3) is 5.09. The van der Waals surface area contributed by atoms with Crippen LogP contribution in [0.25, 0.3) is 0 Å². The molecule has 1 heterocycles. The zero-order chi connectivity index (χ0) is 14.2. The number of hydrogen-bond acceptors (Lipinski definition) is 4. The average Bonchev–Trinajstić information content (AvgIpc) is 2.85. The highest BCUT2D eigenvalue weighted by Crippen LogP contribution is 2.16. The van der Waals surface area contributed by atoms with E-state index in [0.29, 0.717) is 13.1 Å². The predicted octanol–water partition coefficient (Wildman–Crippen LogP) is 2.20. The zero-order valence-electron chi connectivity index (χ0n) is 11.2. The van der Waals surface area contributed by atoms with Gasteiger partial charge in [0.2, 0.25) is 5.91 Å². The smallest absolute Gasteiger partial charge is 0.282 e. The Labute approximate surface area is 127 Å². The number of rotatable bonds is 7. The van der Waals surface area contributed by atoms with Gasteiger partial charge in [-0.2, -0.15) is 11.8 Å². The summed E-state index contributed by atoms with van der Waals surface area (Å²) in [6.45, 7) is 1.51. The quantitative estimate of drug-likeness (QED) is 0.785. The van der Waals surface area contributed by atoms with Crippen molar-refractivity contribution >= 4 is 34.7 Å². The lowest BCUT2D eigenvalue weighted by Crippen LogP contribution is -2.38. The van der Waals surface area contributed by atoms with Gasteiger partial charge in [0, 0.05) is 30.3 Å². The Morgan fingerprint density at radius 1 is 1.35 bits per heavy atom. The number of thioether (sulfide) groups is 2. The third-order valence-electron chi connectivity index (χ3n) is 2.86. The Hall–Kier alpha value is -1.14. The van der Waals surface area contributed by atoms with Gasteiger partial charge in [-0.1, -0.05) is 42.1 Å². The van der Waals surface area contributed by atoms with Crippen LogP contribution >= 0.6 is 23.5 Å². The summed E-state index contributed by atoms with van der Waals surface area (Å²) in [5, 5.41) is 2.87. The number of carbonyl (C=O) groups excluding carboxylic acids is 2. The van der Waals surface area contributed by atoms with Crippen molar-refractivity contribution in [2.75, 3.05) is 31.1 Å².